The molecule has 0 aliphatic carbocycles. The van der Waals surface area contributed by atoms with Gasteiger partial charge in [-0.2, -0.15) is 0 Å². The zero-order valence-corrected chi connectivity index (χ0v) is 6.59. The number of anilines is 1. The largest absolute Gasteiger partial charge is 0.348 e. The average Bonchev–Trinajstić information content (AvgIpc) is 2.32. The van der Waals surface area contributed by atoms with Crippen LogP contribution in [-0.2, 0) is 0 Å². The molecule has 58 valence electrons. The topological polar surface area (TPSA) is 38.1 Å². The zero-order chi connectivity index (χ0) is 7.84. The fraction of sp³-hybridized carbons (Fsp3) is 0.375. The molecule has 0 radical (unpaired) electrons. The van der Waals surface area contributed by atoms with Crippen molar-refractivity contribution in [1.82, 2.24) is 5.16 Å². The summed E-state index contributed by atoms with van der Waals surface area (Å²) in [6.45, 7) is 4.00. The van der Waals surface area contributed by atoms with E-state index < -0.39 is 0 Å². The highest BCUT2D eigenvalue weighted by Crippen LogP contribution is 2.25. The van der Waals surface area contributed by atoms with E-state index in [2.05, 4.69) is 23.5 Å². The Morgan fingerprint density at radius 2 is 2.45 bits per heavy atom. The molecule has 0 fully saturated rings. The Hall–Kier alpha value is -1.25. The maximum atomic E-state index is 5.04. The van der Waals surface area contributed by atoms with Crippen molar-refractivity contribution in [1.29, 1.82) is 0 Å². The van der Waals surface area contributed by atoms with E-state index in [1.165, 1.54) is 0 Å². The highest BCUT2D eigenvalue weighted by atomic mass is 16.5. The van der Waals surface area contributed by atoms with Gasteiger partial charge in [0.1, 0.15) is 0 Å². The Labute approximate surface area is 65.1 Å². The summed E-state index contributed by atoms with van der Waals surface area (Å²) in [4.78, 5) is 0. The lowest BCUT2D eigenvalue weighted by Gasteiger charge is -2.12. The van der Waals surface area contributed by atoms with Crippen LogP contribution in [0.2, 0.25) is 0 Å². The maximum absolute atomic E-state index is 5.04. The van der Waals surface area contributed by atoms with E-state index in [0.29, 0.717) is 6.04 Å². The van der Waals surface area contributed by atoms with Crippen LogP contribution in [0.5, 0.6) is 0 Å². The van der Waals surface area contributed by atoms with E-state index >= 15 is 0 Å². The van der Waals surface area contributed by atoms with Gasteiger partial charge in [-0.1, -0.05) is 11.2 Å². The molecule has 1 unspecified atom stereocenters. The standard InChI is InChI=1S/C8H10N2O/c1-5-3-4-7-6(2)10-11-8(7)9-5/h3-5,9H,1-2H3. The van der Waals surface area contributed by atoms with Gasteiger partial charge < -0.3 is 9.84 Å². The van der Waals surface area contributed by atoms with Gasteiger partial charge in [-0.15, -0.1) is 0 Å². The van der Waals surface area contributed by atoms with Crippen LogP contribution in [0.3, 0.4) is 0 Å². The Balaban J connectivity index is 2.48. The van der Waals surface area contributed by atoms with Gasteiger partial charge in [0.25, 0.3) is 0 Å². The predicted molar refractivity (Wildman–Crippen MR) is 43.4 cm³/mol. The quantitative estimate of drug-likeness (QED) is 0.613. The molecule has 11 heavy (non-hydrogen) atoms. The van der Waals surface area contributed by atoms with E-state index in [-0.39, 0.29) is 0 Å². The average molecular weight is 150 g/mol. The maximum Gasteiger partial charge on any atom is 0.232 e. The van der Waals surface area contributed by atoms with Gasteiger partial charge in [0.2, 0.25) is 5.88 Å². The second-order valence-electron chi connectivity index (χ2n) is 2.80. The SMILES string of the molecule is Cc1noc2c1C=CC(C)N2. The van der Waals surface area contributed by atoms with Gasteiger partial charge in [0, 0.05) is 6.04 Å². The van der Waals surface area contributed by atoms with Crippen molar-refractivity contribution in [3.05, 3.63) is 17.3 Å². The normalized spacial score (nSPS) is 21.1. The monoisotopic (exact) mass is 150 g/mol. The van der Waals surface area contributed by atoms with Crippen LogP contribution in [-0.4, -0.2) is 11.2 Å². The summed E-state index contributed by atoms with van der Waals surface area (Å²) in [6, 6.07) is 0.342. The lowest BCUT2D eigenvalue weighted by atomic mass is 10.1. The third kappa shape index (κ3) is 0.926. The summed E-state index contributed by atoms with van der Waals surface area (Å²) in [5.74, 6) is 0.789. The van der Waals surface area contributed by atoms with Crippen molar-refractivity contribution in [3.63, 3.8) is 0 Å². The molecule has 1 atom stereocenters. The van der Waals surface area contributed by atoms with Crippen molar-refractivity contribution >= 4 is 12.0 Å². The number of nitrogens with zero attached hydrogens (tertiary/aromatic N) is 1. The molecular formula is C8H10N2O. The van der Waals surface area contributed by atoms with Crippen molar-refractivity contribution in [2.24, 2.45) is 0 Å². The Kier molecular flexibility index (Phi) is 1.24. The molecule has 3 heteroatoms. The summed E-state index contributed by atoms with van der Waals surface area (Å²) < 4.78 is 5.04. The van der Waals surface area contributed by atoms with Crippen LogP contribution < -0.4 is 5.32 Å². The molecule has 1 N–H and O–H groups in total. The smallest absolute Gasteiger partial charge is 0.232 e. The number of nitrogens with one attached hydrogen (secondary N) is 1. The molecule has 0 saturated heterocycles. The first kappa shape index (κ1) is 6.46. The third-order valence-corrected chi connectivity index (χ3v) is 1.82. The number of aromatic nitrogens is 1. The first-order chi connectivity index (χ1) is 5.27. The molecular weight excluding hydrogens is 140 g/mol. The first-order valence-electron chi connectivity index (χ1n) is 3.68. The van der Waals surface area contributed by atoms with Crippen LogP contribution in [0.15, 0.2) is 10.6 Å². The van der Waals surface area contributed by atoms with E-state index in [9.17, 15) is 0 Å². The molecule has 0 aromatic carbocycles. The molecule has 1 aliphatic rings. The van der Waals surface area contributed by atoms with Gasteiger partial charge in [0.15, 0.2) is 0 Å². The summed E-state index contributed by atoms with van der Waals surface area (Å²) in [5, 5.41) is 7.01. The Morgan fingerprint density at radius 3 is 3.27 bits per heavy atom. The summed E-state index contributed by atoms with van der Waals surface area (Å²) in [7, 11) is 0. The minimum absolute atomic E-state index is 0.342. The van der Waals surface area contributed by atoms with Crippen LogP contribution in [0, 0.1) is 6.92 Å². The number of hydrogen-bond donors (Lipinski definition) is 1. The lowest BCUT2D eigenvalue weighted by Crippen LogP contribution is -2.14. The Morgan fingerprint density at radius 1 is 1.64 bits per heavy atom. The summed E-state index contributed by atoms with van der Waals surface area (Å²) in [6.07, 6.45) is 4.13. The molecule has 0 spiro atoms. The van der Waals surface area contributed by atoms with E-state index in [1.807, 2.05) is 13.0 Å². The second-order valence-corrected chi connectivity index (χ2v) is 2.80. The fourth-order valence-electron chi connectivity index (χ4n) is 1.17. The summed E-state index contributed by atoms with van der Waals surface area (Å²) in [5.41, 5.74) is 2.01. The van der Waals surface area contributed by atoms with Crippen molar-refractivity contribution in [2.75, 3.05) is 5.32 Å². The van der Waals surface area contributed by atoms with Crippen LogP contribution >= 0.6 is 0 Å². The third-order valence-electron chi connectivity index (χ3n) is 1.82. The van der Waals surface area contributed by atoms with Crippen molar-refractivity contribution < 1.29 is 4.52 Å². The van der Waals surface area contributed by atoms with Crippen LogP contribution in [0.1, 0.15) is 18.2 Å². The zero-order valence-electron chi connectivity index (χ0n) is 6.59. The van der Waals surface area contributed by atoms with Gasteiger partial charge in [-0.3, -0.25) is 0 Å². The number of rotatable bonds is 0. The minimum atomic E-state index is 0.342. The highest BCUT2D eigenvalue weighted by Gasteiger charge is 2.15. The molecule has 2 heterocycles. The highest BCUT2D eigenvalue weighted by molar-refractivity contribution is 5.67. The van der Waals surface area contributed by atoms with Gasteiger partial charge in [-0.05, 0) is 19.9 Å². The molecule has 0 saturated carbocycles. The van der Waals surface area contributed by atoms with Crippen LogP contribution in [0.25, 0.3) is 6.08 Å². The molecule has 0 amide bonds. The van der Waals surface area contributed by atoms with E-state index in [4.69, 9.17) is 4.52 Å². The predicted octanol–water partition coefficient (Wildman–Crippen LogP) is 1.81. The van der Waals surface area contributed by atoms with Gasteiger partial charge in [-0.25, -0.2) is 0 Å². The molecule has 2 rings (SSSR count). The number of hydrogen-bond acceptors (Lipinski definition) is 3. The molecule has 1 aliphatic heterocycles. The van der Waals surface area contributed by atoms with E-state index in [0.717, 1.165) is 17.1 Å². The van der Waals surface area contributed by atoms with Gasteiger partial charge in [0.05, 0.1) is 11.3 Å². The Bertz CT molecular complexity index is 301. The molecule has 1 aromatic rings. The van der Waals surface area contributed by atoms with Gasteiger partial charge >= 0.3 is 0 Å². The lowest BCUT2D eigenvalue weighted by molar-refractivity contribution is 0.425. The number of fused-ring (bicyclic) bond motifs is 1. The molecule has 3 nitrogen and oxygen atoms in total. The second kappa shape index (κ2) is 2.12. The van der Waals surface area contributed by atoms with Crippen molar-refractivity contribution in [2.45, 2.75) is 19.9 Å². The minimum Gasteiger partial charge on any atom is -0.348 e. The molecule has 0 bridgehead atoms. The number of aryl methyl sites for hydroxylation is 1. The van der Waals surface area contributed by atoms with Crippen LogP contribution in [0.4, 0.5) is 5.88 Å². The fourth-order valence-corrected chi connectivity index (χ4v) is 1.17. The van der Waals surface area contributed by atoms with Crippen molar-refractivity contribution in [3.8, 4) is 0 Å². The molecule has 1 aromatic heterocycles. The van der Waals surface area contributed by atoms with E-state index in [1.54, 1.807) is 0 Å². The summed E-state index contributed by atoms with van der Waals surface area (Å²) >= 11 is 0. The first-order valence-corrected chi connectivity index (χ1v) is 3.68.